The highest BCUT2D eigenvalue weighted by Gasteiger charge is 2.10. The number of halogens is 2. The summed E-state index contributed by atoms with van der Waals surface area (Å²) in [6, 6.07) is 4.57. The number of rotatable bonds is 5. The quantitative estimate of drug-likeness (QED) is 0.760. The van der Waals surface area contributed by atoms with Crippen LogP contribution >= 0.6 is 31.9 Å². The van der Waals surface area contributed by atoms with E-state index in [0.29, 0.717) is 6.04 Å². The molecule has 4 heteroatoms. The van der Waals surface area contributed by atoms with E-state index in [1.165, 1.54) is 0 Å². The molecule has 0 aliphatic carbocycles. The van der Waals surface area contributed by atoms with Crippen molar-refractivity contribution in [3.63, 3.8) is 0 Å². The average Bonchev–Trinajstić information content (AvgIpc) is 2.21. The molecule has 0 saturated carbocycles. The highest BCUT2D eigenvalue weighted by molar-refractivity contribution is 9.10. The predicted molar refractivity (Wildman–Crippen MR) is 72.8 cm³/mol. The minimum Gasteiger partial charge on any atom is -0.354 e. The fourth-order valence-corrected chi connectivity index (χ4v) is 1.89. The second-order valence-electron chi connectivity index (χ2n) is 3.66. The second kappa shape index (κ2) is 6.48. The number of anilines is 1. The zero-order chi connectivity index (χ0) is 11.3. The van der Waals surface area contributed by atoms with E-state index in [1.54, 1.807) is 0 Å². The van der Waals surface area contributed by atoms with E-state index in [0.717, 1.165) is 28.6 Å². The summed E-state index contributed by atoms with van der Waals surface area (Å²) in [4.78, 5) is 6.73. The van der Waals surface area contributed by atoms with Crippen molar-refractivity contribution >= 4 is 37.7 Å². The van der Waals surface area contributed by atoms with Crippen LogP contribution in [0.25, 0.3) is 0 Å². The van der Waals surface area contributed by atoms with Crippen LogP contribution in [0.5, 0.6) is 0 Å². The zero-order valence-corrected chi connectivity index (χ0v) is 12.3. The van der Waals surface area contributed by atoms with Crippen LogP contribution in [-0.2, 0) is 0 Å². The summed E-state index contributed by atoms with van der Waals surface area (Å²) in [6.07, 6.45) is 2.98. The van der Waals surface area contributed by atoms with E-state index in [2.05, 4.69) is 61.7 Å². The molecule has 0 saturated heterocycles. The molecule has 0 N–H and O–H groups in total. The minimum atomic E-state index is 0.484. The van der Waals surface area contributed by atoms with Gasteiger partial charge in [-0.25, -0.2) is 4.98 Å². The van der Waals surface area contributed by atoms with E-state index in [9.17, 15) is 0 Å². The molecule has 1 heterocycles. The second-order valence-corrected chi connectivity index (χ2v) is 5.37. The minimum absolute atomic E-state index is 0.484. The monoisotopic (exact) mass is 334 g/mol. The Labute approximate surface area is 108 Å². The van der Waals surface area contributed by atoms with Crippen molar-refractivity contribution in [2.75, 3.05) is 16.8 Å². The van der Waals surface area contributed by atoms with Gasteiger partial charge in [-0.1, -0.05) is 15.9 Å². The summed E-state index contributed by atoms with van der Waals surface area (Å²) < 4.78 is 1.02. The predicted octanol–water partition coefficient (Wildman–Crippen LogP) is 3.84. The van der Waals surface area contributed by atoms with Crippen LogP contribution in [0, 0.1) is 0 Å². The number of hydrogen-bond acceptors (Lipinski definition) is 2. The molecule has 0 aromatic carbocycles. The van der Waals surface area contributed by atoms with E-state index in [-0.39, 0.29) is 0 Å². The van der Waals surface area contributed by atoms with Crippen molar-refractivity contribution in [1.82, 2.24) is 4.98 Å². The van der Waals surface area contributed by atoms with Gasteiger partial charge in [-0.15, -0.1) is 0 Å². The SMILES string of the molecule is CC(C)N(CCCBr)c1ccc(Br)cn1. The van der Waals surface area contributed by atoms with Gasteiger partial charge in [0.15, 0.2) is 0 Å². The molecule has 0 unspecified atom stereocenters. The molecule has 1 aromatic heterocycles. The summed E-state index contributed by atoms with van der Waals surface area (Å²) in [5.74, 6) is 1.05. The van der Waals surface area contributed by atoms with Crippen LogP contribution in [0.3, 0.4) is 0 Å². The maximum atomic E-state index is 4.42. The van der Waals surface area contributed by atoms with Gasteiger partial charge >= 0.3 is 0 Å². The van der Waals surface area contributed by atoms with Crippen LogP contribution < -0.4 is 4.90 Å². The Balaban J connectivity index is 2.74. The van der Waals surface area contributed by atoms with Gasteiger partial charge in [0.2, 0.25) is 0 Å². The van der Waals surface area contributed by atoms with E-state index in [1.807, 2.05) is 12.3 Å². The fourth-order valence-electron chi connectivity index (χ4n) is 1.41. The Morgan fingerprint density at radius 1 is 1.40 bits per heavy atom. The number of alkyl halides is 1. The molecule has 0 aliphatic rings. The summed E-state index contributed by atoms with van der Waals surface area (Å²) in [6.45, 7) is 5.42. The summed E-state index contributed by atoms with van der Waals surface area (Å²) >= 11 is 6.85. The van der Waals surface area contributed by atoms with Gasteiger partial charge in [0.25, 0.3) is 0 Å². The molecule has 15 heavy (non-hydrogen) atoms. The maximum absolute atomic E-state index is 4.42. The first-order chi connectivity index (χ1) is 7.15. The lowest BCUT2D eigenvalue weighted by molar-refractivity contribution is 0.665. The number of aromatic nitrogens is 1. The fraction of sp³-hybridized carbons (Fsp3) is 0.545. The van der Waals surface area contributed by atoms with E-state index in [4.69, 9.17) is 0 Å². The molecule has 0 aliphatic heterocycles. The molecule has 0 atom stereocenters. The Hall–Kier alpha value is -0.0900. The van der Waals surface area contributed by atoms with Gasteiger partial charge in [0.05, 0.1) is 0 Å². The number of hydrogen-bond donors (Lipinski definition) is 0. The van der Waals surface area contributed by atoms with Crippen molar-refractivity contribution in [1.29, 1.82) is 0 Å². The first kappa shape index (κ1) is 13.0. The van der Waals surface area contributed by atoms with Crippen molar-refractivity contribution in [2.24, 2.45) is 0 Å². The third-order valence-electron chi connectivity index (χ3n) is 2.16. The van der Waals surface area contributed by atoms with Gasteiger partial charge in [-0.05, 0) is 48.3 Å². The molecule has 1 aromatic rings. The lowest BCUT2D eigenvalue weighted by atomic mass is 10.3. The lowest BCUT2D eigenvalue weighted by Crippen LogP contribution is -2.32. The molecule has 1 rings (SSSR count). The Bertz CT molecular complexity index is 285. The lowest BCUT2D eigenvalue weighted by Gasteiger charge is -2.27. The molecular formula is C11H16Br2N2. The van der Waals surface area contributed by atoms with Gasteiger partial charge in [0.1, 0.15) is 5.82 Å². The molecular weight excluding hydrogens is 320 g/mol. The van der Waals surface area contributed by atoms with Crippen molar-refractivity contribution in [3.05, 3.63) is 22.8 Å². The summed E-state index contributed by atoms with van der Waals surface area (Å²) in [7, 11) is 0. The molecule has 2 nitrogen and oxygen atoms in total. The largest absolute Gasteiger partial charge is 0.354 e. The molecule has 0 radical (unpaired) electrons. The van der Waals surface area contributed by atoms with Gasteiger partial charge in [0, 0.05) is 28.6 Å². The number of pyridine rings is 1. The molecule has 0 amide bonds. The van der Waals surface area contributed by atoms with Crippen LogP contribution in [0.4, 0.5) is 5.82 Å². The van der Waals surface area contributed by atoms with Crippen LogP contribution in [-0.4, -0.2) is 22.9 Å². The number of nitrogens with zero attached hydrogens (tertiary/aromatic N) is 2. The van der Waals surface area contributed by atoms with Crippen molar-refractivity contribution < 1.29 is 0 Å². The Morgan fingerprint density at radius 2 is 2.13 bits per heavy atom. The van der Waals surface area contributed by atoms with Crippen LogP contribution in [0.15, 0.2) is 22.8 Å². The summed E-state index contributed by atoms with van der Waals surface area (Å²) in [5.41, 5.74) is 0. The highest BCUT2D eigenvalue weighted by Crippen LogP contribution is 2.17. The molecule has 0 spiro atoms. The standard InChI is InChI=1S/C11H16Br2N2/c1-9(2)15(7-3-6-12)11-5-4-10(13)8-14-11/h4-5,8-9H,3,6-7H2,1-2H3. The van der Waals surface area contributed by atoms with Gasteiger partial charge in [-0.3, -0.25) is 0 Å². The average molecular weight is 336 g/mol. The Kier molecular flexibility index (Phi) is 5.61. The highest BCUT2D eigenvalue weighted by atomic mass is 79.9. The van der Waals surface area contributed by atoms with Crippen molar-refractivity contribution in [2.45, 2.75) is 26.3 Å². The van der Waals surface area contributed by atoms with Crippen LogP contribution in [0.2, 0.25) is 0 Å². The Morgan fingerprint density at radius 3 is 2.60 bits per heavy atom. The smallest absolute Gasteiger partial charge is 0.128 e. The van der Waals surface area contributed by atoms with E-state index < -0.39 is 0 Å². The first-order valence-electron chi connectivity index (χ1n) is 5.09. The molecule has 0 bridgehead atoms. The normalized spacial score (nSPS) is 10.7. The third kappa shape index (κ3) is 4.11. The topological polar surface area (TPSA) is 16.1 Å². The molecule has 84 valence electrons. The van der Waals surface area contributed by atoms with Crippen LogP contribution in [0.1, 0.15) is 20.3 Å². The third-order valence-corrected chi connectivity index (χ3v) is 3.19. The van der Waals surface area contributed by atoms with E-state index >= 15 is 0 Å². The maximum Gasteiger partial charge on any atom is 0.128 e. The van der Waals surface area contributed by atoms with Crippen molar-refractivity contribution in [3.8, 4) is 0 Å². The first-order valence-corrected chi connectivity index (χ1v) is 7.00. The zero-order valence-electron chi connectivity index (χ0n) is 9.08. The van der Waals surface area contributed by atoms with Gasteiger partial charge in [-0.2, -0.15) is 0 Å². The molecule has 0 fully saturated rings. The van der Waals surface area contributed by atoms with Gasteiger partial charge < -0.3 is 4.90 Å². The summed E-state index contributed by atoms with van der Waals surface area (Å²) in [5, 5.41) is 1.03.